The molecule has 2 rings (SSSR count). The first-order chi connectivity index (χ1) is 9.47. The molecule has 20 heavy (non-hydrogen) atoms. The van der Waals surface area contributed by atoms with Gasteiger partial charge >= 0.3 is 0 Å². The van der Waals surface area contributed by atoms with Crippen LogP contribution in [-0.2, 0) is 10.5 Å². The van der Waals surface area contributed by atoms with Gasteiger partial charge in [-0.1, -0.05) is 41.0 Å². The SMILES string of the molecule is CN(C)/C=C1\N=C(SCc2c(Cl)cccc2Cl)NC1=O. The molecule has 1 aliphatic heterocycles. The zero-order chi connectivity index (χ0) is 14.7. The number of nitrogens with one attached hydrogen (secondary N) is 1. The quantitative estimate of drug-likeness (QED) is 0.866. The fourth-order valence-corrected chi connectivity index (χ4v) is 3.17. The van der Waals surface area contributed by atoms with Gasteiger partial charge in [0.2, 0.25) is 0 Å². The van der Waals surface area contributed by atoms with E-state index in [4.69, 9.17) is 23.2 Å². The molecular weight excluding hydrogens is 317 g/mol. The molecule has 0 atom stereocenters. The molecule has 0 unspecified atom stereocenters. The minimum absolute atomic E-state index is 0.202. The van der Waals surface area contributed by atoms with Crippen molar-refractivity contribution in [3.8, 4) is 0 Å². The summed E-state index contributed by atoms with van der Waals surface area (Å²) >= 11 is 13.6. The van der Waals surface area contributed by atoms with Crippen molar-refractivity contribution in [1.82, 2.24) is 10.2 Å². The molecule has 0 saturated heterocycles. The van der Waals surface area contributed by atoms with Crippen molar-refractivity contribution in [3.63, 3.8) is 0 Å². The molecule has 0 fully saturated rings. The average Bonchev–Trinajstić information content (AvgIpc) is 2.68. The Hall–Kier alpha value is -1.17. The summed E-state index contributed by atoms with van der Waals surface area (Å²) in [5, 5.41) is 4.49. The van der Waals surface area contributed by atoms with Gasteiger partial charge in [-0.25, -0.2) is 4.99 Å². The maximum absolute atomic E-state index is 11.7. The number of amidine groups is 1. The predicted octanol–water partition coefficient (Wildman–Crippen LogP) is 3.12. The number of nitrogens with zero attached hydrogens (tertiary/aromatic N) is 2. The van der Waals surface area contributed by atoms with Gasteiger partial charge in [0.05, 0.1) is 0 Å². The van der Waals surface area contributed by atoms with E-state index in [2.05, 4.69) is 10.3 Å². The predicted molar refractivity (Wildman–Crippen MR) is 85.1 cm³/mol. The number of aliphatic imine (C=N–C) groups is 1. The lowest BCUT2D eigenvalue weighted by Gasteiger charge is -2.05. The van der Waals surface area contributed by atoms with E-state index in [0.717, 1.165) is 5.56 Å². The number of halogens is 2. The highest BCUT2D eigenvalue weighted by Crippen LogP contribution is 2.29. The molecule has 1 N–H and O–H groups in total. The van der Waals surface area contributed by atoms with Gasteiger partial charge in [0, 0.05) is 36.1 Å². The molecule has 0 bridgehead atoms. The summed E-state index contributed by atoms with van der Waals surface area (Å²) in [6, 6.07) is 5.37. The minimum atomic E-state index is -0.202. The number of hydrogen-bond acceptors (Lipinski definition) is 4. The van der Waals surface area contributed by atoms with Crippen LogP contribution in [0.2, 0.25) is 10.0 Å². The number of carbonyl (C=O) groups is 1. The van der Waals surface area contributed by atoms with Gasteiger partial charge in [0.25, 0.3) is 5.91 Å². The topological polar surface area (TPSA) is 44.7 Å². The van der Waals surface area contributed by atoms with Crippen molar-refractivity contribution in [2.75, 3.05) is 14.1 Å². The van der Waals surface area contributed by atoms with Crippen LogP contribution in [0.1, 0.15) is 5.56 Å². The van der Waals surface area contributed by atoms with E-state index in [1.165, 1.54) is 11.8 Å². The van der Waals surface area contributed by atoms with Crippen molar-refractivity contribution in [2.45, 2.75) is 5.75 Å². The Morgan fingerprint density at radius 3 is 2.60 bits per heavy atom. The number of hydrogen-bond donors (Lipinski definition) is 1. The van der Waals surface area contributed by atoms with Gasteiger partial charge < -0.3 is 4.90 Å². The van der Waals surface area contributed by atoms with E-state index in [-0.39, 0.29) is 5.91 Å². The second kappa shape index (κ2) is 6.52. The third-order valence-corrected chi connectivity index (χ3v) is 4.08. The number of thioether (sulfide) groups is 1. The Bertz CT molecular complexity index is 579. The van der Waals surface area contributed by atoms with Crippen LogP contribution >= 0.6 is 35.0 Å². The van der Waals surface area contributed by atoms with E-state index in [9.17, 15) is 4.79 Å². The average molecular weight is 330 g/mol. The molecule has 0 spiro atoms. The van der Waals surface area contributed by atoms with Gasteiger partial charge in [0.15, 0.2) is 5.17 Å². The zero-order valence-electron chi connectivity index (χ0n) is 11.0. The zero-order valence-corrected chi connectivity index (χ0v) is 13.3. The monoisotopic (exact) mass is 329 g/mol. The molecule has 1 aliphatic rings. The summed E-state index contributed by atoms with van der Waals surface area (Å²) in [5.74, 6) is 0.346. The molecule has 1 aromatic carbocycles. The van der Waals surface area contributed by atoms with Crippen molar-refractivity contribution in [2.24, 2.45) is 4.99 Å². The van der Waals surface area contributed by atoms with Crippen LogP contribution in [0.5, 0.6) is 0 Å². The first-order valence-corrected chi connectivity index (χ1v) is 7.55. The van der Waals surface area contributed by atoms with Crippen LogP contribution in [-0.4, -0.2) is 30.1 Å². The molecule has 4 nitrogen and oxygen atoms in total. The Labute approximate surface area is 131 Å². The largest absolute Gasteiger partial charge is 0.382 e. The van der Waals surface area contributed by atoms with Gasteiger partial charge in [-0.05, 0) is 17.7 Å². The standard InChI is InChI=1S/C13H13Cl2N3OS/c1-18(2)6-11-12(19)17-13(16-11)20-7-8-9(14)4-3-5-10(8)15/h3-6H,7H2,1-2H3,(H,16,17,19)/b11-6-. The summed E-state index contributed by atoms with van der Waals surface area (Å²) in [7, 11) is 3.68. The minimum Gasteiger partial charge on any atom is -0.382 e. The number of amides is 1. The third-order valence-electron chi connectivity index (χ3n) is 2.47. The molecule has 0 radical (unpaired) electrons. The van der Waals surface area contributed by atoms with Crippen LogP contribution in [0.3, 0.4) is 0 Å². The van der Waals surface area contributed by atoms with Gasteiger partial charge in [-0.3, -0.25) is 10.1 Å². The molecule has 1 amide bonds. The molecular formula is C13H13Cl2N3OS. The van der Waals surface area contributed by atoms with E-state index >= 15 is 0 Å². The summed E-state index contributed by atoms with van der Waals surface area (Å²) in [6.45, 7) is 0. The molecule has 1 aromatic rings. The molecule has 1 heterocycles. The lowest BCUT2D eigenvalue weighted by Crippen LogP contribution is -2.22. The summed E-state index contributed by atoms with van der Waals surface area (Å²) in [4.78, 5) is 17.7. The van der Waals surface area contributed by atoms with Crippen molar-refractivity contribution in [1.29, 1.82) is 0 Å². The van der Waals surface area contributed by atoms with Crippen LogP contribution in [0.4, 0.5) is 0 Å². The van der Waals surface area contributed by atoms with Crippen LogP contribution in [0, 0.1) is 0 Å². The Kier molecular flexibility index (Phi) is 4.96. The highest BCUT2D eigenvalue weighted by Gasteiger charge is 2.21. The van der Waals surface area contributed by atoms with E-state index in [1.807, 2.05) is 14.1 Å². The fraction of sp³-hybridized carbons (Fsp3) is 0.231. The summed E-state index contributed by atoms with van der Waals surface area (Å²) < 4.78 is 0. The lowest BCUT2D eigenvalue weighted by atomic mass is 10.2. The fourth-order valence-electron chi connectivity index (χ4n) is 1.56. The highest BCUT2D eigenvalue weighted by atomic mass is 35.5. The first-order valence-electron chi connectivity index (χ1n) is 5.81. The van der Waals surface area contributed by atoms with Crippen molar-refractivity contribution >= 4 is 46.0 Å². The molecule has 7 heteroatoms. The smallest absolute Gasteiger partial charge is 0.277 e. The van der Waals surface area contributed by atoms with E-state index in [0.29, 0.717) is 26.7 Å². The highest BCUT2D eigenvalue weighted by molar-refractivity contribution is 8.13. The summed E-state index contributed by atoms with van der Waals surface area (Å²) in [6.07, 6.45) is 1.67. The van der Waals surface area contributed by atoms with Gasteiger partial charge in [0.1, 0.15) is 5.70 Å². The van der Waals surface area contributed by atoms with E-state index < -0.39 is 0 Å². The third kappa shape index (κ3) is 3.69. The maximum atomic E-state index is 11.7. The second-order valence-corrected chi connectivity index (χ2v) is 6.12. The van der Waals surface area contributed by atoms with Crippen molar-refractivity contribution < 1.29 is 4.79 Å². The van der Waals surface area contributed by atoms with Crippen LogP contribution in [0.15, 0.2) is 35.1 Å². The van der Waals surface area contributed by atoms with Gasteiger partial charge in [-0.2, -0.15) is 0 Å². The number of rotatable bonds is 3. The number of carbonyl (C=O) groups excluding carboxylic acids is 1. The van der Waals surface area contributed by atoms with Crippen LogP contribution in [0.25, 0.3) is 0 Å². The maximum Gasteiger partial charge on any atom is 0.277 e. The Balaban J connectivity index is 2.07. The van der Waals surface area contributed by atoms with E-state index in [1.54, 1.807) is 29.3 Å². The summed E-state index contributed by atoms with van der Waals surface area (Å²) in [5.41, 5.74) is 1.23. The van der Waals surface area contributed by atoms with Crippen LogP contribution < -0.4 is 5.32 Å². The Morgan fingerprint density at radius 2 is 2.00 bits per heavy atom. The normalized spacial score (nSPS) is 16.3. The lowest BCUT2D eigenvalue weighted by molar-refractivity contribution is -0.115. The first kappa shape index (κ1) is 15.2. The number of benzene rings is 1. The molecule has 0 saturated carbocycles. The second-order valence-electron chi connectivity index (χ2n) is 4.34. The molecule has 0 aromatic heterocycles. The molecule has 106 valence electrons. The van der Waals surface area contributed by atoms with Crippen molar-refractivity contribution in [3.05, 3.63) is 45.7 Å². The molecule has 0 aliphatic carbocycles. The Morgan fingerprint density at radius 1 is 1.35 bits per heavy atom. The van der Waals surface area contributed by atoms with Gasteiger partial charge in [-0.15, -0.1) is 0 Å².